The molecule has 1 saturated heterocycles. The minimum Gasteiger partial charge on any atom is -0.380 e. The number of nitrogens with zero attached hydrogens (tertiary/aromatic N) is 1. The van der Waals surface area contributed by atoms with E-state index in [9.17, 15) is 0 Å². The molecule has 1 aliphatic heterocycles. The summed E-state index contributed by atoms with van der Waals surface area (Å²) in [7, 11) is 1.80. The van der Waals surface area contributed by atoms with Crippen molar-refractivity contribution in [2.75, 3.05) is 26.7 Å². The first-order valence-corrected chi connectivity index (χ1v) is 7.99. The van der Waals surface area contributed by atoms with Crippen LogP contribution < -0.4 is 5.73 Å². The largest absolute Gasteiger partial charge is 0.380 e. The topological polar surface area (TPSA) is 38.5 Å². The monoisotopic (exact) mass is 332 g/mol. The number of halogens is 1. The standard InChI is InChI=1S/C13H21BrN2OS/c1-9-11(14)6-13(18-9)12(7-15)16-5-3-4-10(8-16)17-2/h6,10,12H,3-5,7-8,15H2,1-2H3. The van der Waals surface area contributed by atoms with E-state index in [2.05, 4.69) is 33.8 Å². The summed E-state index contributed by atoms with van der Waals surface area (Å²) < 4.78 is 6.69. The van der Waals surface area contributed by atoms with Crippen molar-refractivity contribution < 1.29 is 4.74 Å². The summed E-state index contributed by atoms with van der Waals surface area (Å²) in [4.78, 5) is 5.15. The van der Waals surface area contributed by atoms with Crippen LogP contribution in [0.5, 0.6) is 0 Å². The first-order valence-electron chi connectivity index (χ1n) is 6.38. The van der Waals surface area contributed by atoms with Gasteiger partial charge in [0, 0.05) is 34.4 Å². The zero-order chi connectivity index (χ0) is 13.1. The number of ether oxygens (including phenoxy) is 1. The summed E-state index contributed by atoms with van der Waals surface area (Å²) in [5.41, 5.74) is 5.99. The molecule has 1 aromatic rings. The Labute approximate surface area is 121 Å². The summed E-state index contributed by atoms with van der Waals surface area (Å²) in [5.74, 6) is 0. The molecule has 1 aliphatic rings. The molecule has 0 saturated carbocycles. The average molecular weight is 333 g/mol. The first kappa shape index (κ1) is 14.5. The van der Waals surface area contributed by atoms with Gasteiger partial charge < -0.3 is 10.5 Å². The van der Waals surface area contributed by atoms with E-state index in [0.717, 1.165) is 19.5 Å². The van der Waals surface area contributed by atoms with Crippen LogP contribution in [0, 0.1) is 6.92 Å². The van der Waals surface area contributed by atoms with Gasteiger partial charge in [-0.05, 0) is 48.3 Å². The van der Waals surface area contributed by atoms with Crippen molar-refractivity contribution in [3.05, 3.63) is 20.3 Å². The van der Waals surface area contributed by atoms with Gasteiger partial charge in [-0.25, -0.2) is 0 Å². The summed E-state index contributed by atoms with van der Waals surface area (Å²) in [6.07, 6.45) is 2.72. The molecule has 0 amide bonds. The van der Waals surface area contributed by atoms with Crippen LogP contribution in [0.3, 0.4) is 0 Å². The van der Waals surface area contributed by atoms with Crippen molar-refractivity contribution in [1.29, 1.82) is 0 Å². The Kier molecular flexibility index (Phi) is 5.21. The van der Waals surface area contributed by atoms with Crippen LogP contribution in [0.2, 0.25) is 0 Å². The number of piperidine rings is 1. The Morgan fingerprint density at radius 3 is 3.00 bits per heavy atom. The molecule has 2 N–H and O–H groups in total. The van der Waals surface area contributed by atoms with Gasteiger partial charge in [-0.3, -0.25) is 4.90 Å². The number of nitrogens with two attached hydrogens (primary N) is 1. The van der Waals surface area contributed by atoms with E-state index < -0.39 is 0 Å². The number of likely N-dealkylation sites (tertiary alicyclic amines) is 1. The molecule has 2 heterocycles. The zero-order valence-corrected chi connectivity index (χ0v) is 13.4. The Bertz CT molecular complexity index is 377. The quantitative estimate of drug-likeness (QED) is 0.921. The van der Waals surface area contributed by atoms with Crippen molar-refractivity contribution in [1.82, 2.24) is 4.90 Å². The predicted molar refractivity (Wildman–Crippen MR) is 80.2 cm³/mol. The second kappa shape index (κ2) is 6.48. The van der Waals surface area contributed by atoms with E-state index in [0.29, 0.717) is 18.7 Å². The molecule has 2 rings (SSSR count). The molecule has 0 bridgehead atoms. The molecule has 0 aromatic carbocycles. The van der Waals surface area contributed by atoms with Crippen LogP contribution in [0.15, 0.2) is 10.5 Å². The maximum absolute atomic E-state index is 5.99. The highest BCUT2D eigenvalue weighted by atomic mass is 79.9. The highest BCUT2D eigenvalue weighted by molar-refractivity contribution is 9.10. The van der Waals surface area contributed by atoms with Crippen LogP contribution in [-0.2, 0) is 4.74 Å². The number of aryl methyl sites for hydroxylation is 1. The van der Waals surface area contributed by atoms with E-state index in [4.69, 9.17) is 10.5 Å². The van der Waals surface area contributed by atoms with E-state index in [1.54, 1.807) is 7.11 Å². The van der Waals surface area contributed by atoms with Gasteiger partial charge >= 0.3 is 0 Å². The summed E-state index contributed by atoms with van der Waals surface area (Å²) in [6.45, 7) is 4.92. The van der Waals surface area contributed by atoms with Crippen molar-refractivity contribution >= 4 is 27.3 Å². The Morgan fingerprint density at radius 1 is 1.67 bits per heavy atom. The molecule has 2 unspecified atom stereocenters. The Morgan fingerprint density at radius 2 is 2.44 bits per heavy atom. The smallest absolute Gasteiger partial charge is 0.0698 e. The SMILES string of the molecule is COC1CCCN(C(CN)c2cc(Br)c(C)s2)C1. The van der Waals surface area contributed by atoms with Crippen LogP contribution in [0.4, 0.5) is 0 Å². The van der Waals surface area contributed by atoms with E-state index in [1.807, 2.05) is 11.3 Å². The van der Waals surface area contributed by atoms with Gasteiger partial charge in [-0.2, -0.15) is 0 Å². The third-order valence-corrected chi connectivity index (χ3v) is 5.85. The van der Waals surface area contributed by atoms with Crippen molar-refractivity contribution in [2.24, 2.45) is 5.73 Å². The second-order valence-electron chi connectivity index (χ2n) is 4.80. The fourth-order valence-electron chi connectivity index (χ4n) is 2.53. The molecule has 1 aromatic heterocycles. The predicted octanol–water partition coefficient (Wildman–Crippen LogP) is 2.93. The van der Waals surface area contributed by atoms with Crippen molar-refractivity contribution in [3.8, 4) is 0 Å². The van der Waals surface area contributed by atoms with Crippen molar-refractivity contribution in [2.45, 2.75) is 31.9 Å². The van der Waals surface area contributed by atoms with Crippen LogP contribution >= 0.6 is 27.3 Å². The molecule has 3 nitrogen and oxygen atoms in total. The number of rotatable bonds is 4. The molecule has 18 heavy (non-hydrogen) atoms. The number of hydrogen-bond donors (Lipinski definition) is 1. The fourth-order valence-corrected chi connectivity index (χ4v) is 4.24. The van der Waals surface area contributed by atoms with E-state index in [1.165, 1.54) is 20.6 Å². The van der Waals surface area contributed by atoms with Gasteiger partial charge in [-0.1, -0.05) is 0 Å². The Balaban J connectivity index is 2.12. The fraction of sp³-hybridized carbons (Fsp3) is 0.692. The lowest BCUT2D eigenvalue weighted by Gasteiger charge is -2.36. The molecular formula is C13H21BrN2OS. The van der Waals surface area contributed by atoms with Gasteiger partial charge in [0.25, 0.3) is 0 Å². The number of methoxy groups -OCH3 is 1. The maximum atomic E-state index is 5.99. The molecule has 2 atom stereocenters. The minimum atomic E-state index is 0.331. The van der Waals surface area contributed by atoms with E-state index in [-0.39, 0.29) is 0 Å². The normalized spacial score (nSPS) is 23.2. The van der Waals surface area contributed by atoms with Crippen LogP contribution in [0.25, 0.3) is 0 Å². The maximum Gasteiger partial charge on any atom is 0.0698 e. The molecule has 1 fully saturated rings. The highest BCUT2D eigenvalue weighted by Gasteiger charge is 2.27. The van der Waals surface area contributed by atoms with Crippen LogP contribution in [-0.4, -0.2) is 37.7 Å². The highest BCUT2D eigenvalue weighted by Crippen LogP contribution is 2.34. The number of thiophene rings is 1. The molecule has 0 spiro atoms. The average Bonchev–Trinajstić information content (AvgIpc) is 2.70. The van der Waals surface area contributed by atoms with Gasteiger partial charge in [0.1, 0.15) is 0 Å². The molecule has 5 heteroatoms. The lowest BCUT2D eigenvalue weighted by atomic mass is 10.0. The lowest BCUT2D eigenvalue weighted by Crippen LogP contribution is -2.43. The first-order chi connectivity index (χ1) is 8.65. The minimum absolute atomic E-state index is 0.331. The lowest BCUT2D eigenvalue weighted by molar-refractivity contribution is 0.0161. The van der Waals surface area contributed by atoms with Gasteiger partial charge in [0.2, 0.25) is 0 Å². The van der Waals surface area contributed by atoms with Gasteiger partial charge in [0.15, 0.2) is 0 Å². The summed E-state index contributed by atoms with van der Waals surface area (Å²) >= 11 is 5.43. The number of hydrogen-bond acceptors (Lipinski definition) is 4. The zero-order valence-electron chi connectivity index (χ0n) is 11.0. The van der Waals surface area contributed by atoms with E-state index >= 15 is 0 Å². The van der Waals surface area contributed by atoms with Crippen molar-refractivity contribution in [3.63, 3.8) is 0 Å². The molecular weight excluding hydrogens is 312 g/mol. The molecule has 0 radical (unpaired) electrons. The third-order valence-electron chi connectivity index (χ3n) is 3.61. The Hall–Kier alpha value is 0.0600. The molecule has 0 aliphatic carbocycles. The summed E-state index contributed by atoms with van der Waals surface area (Å²) in [6, 6.07) is 2.55. The van der Waals surface area contributed by atoms with Crippen LogP contribution in [0.1, 0.15) is 28.6 Å². The van der Waals surface area contributed by atoms with Gasteiger partial charge in [-0.15, -0.1) is 11.3 Å². The summed E-state index contributed by atoms with van der Waals surface area (Å²) in [5, 5.41) is 0. The molecule has 102 valence electrons. The van der Waals surface area contributed by atoms with Gasteiger partial charge in [0.05, 0.1) is 12.1 Å². The second-order valence-corrected chi connectivity index (χ2v) is 6.94. The third kappa shape index (κ3) is 3.14.